The molecule has 0 saturated carbocycles. The number of ether oxygens (including phenoxy) is 1. The molecular weight excluding hydrogens is 442 g/mol. The third-order valence-corrected chi connectivity index (χ3v) is 5.17. The van der Waals surface area contributed by atoms with E-state index in [4.69, 9.17) is 27.9 Å². The molecule has 1 aromatic heterocycles. The van der Waals surface area contributed by atoms with Gasteiger partial charge < -0.3 is 15.0 Å². The first kappa shape index (κ1) is 23.1. The van der Waals surface area contributed by atoms with Crippen LogP contribution in [0.2, 0.25) is 10.0 Å². The van der Waals surface area contributed by atoms with Crippen LogP contribution in [0.1, 0.15) is 28.5 Å². The monoisotopic (exact) mass is 464 g/mol. The van der Waals surface area contributed by atoms with E-state index in [1.54, 1.807) is 42.6 Å². The topological polar surface area (TPSA) is 59.4 Å². The highest BCUT2D eigenvalue weighted by Gasteiger charge is 2.18. The number of rotatable bonds is 9. The number of halogens is 3. The zero-order valence-electron chi connectivity index (χ0n) is 17.2. The lowest BCUT2D eigenvalue weighted by atomic mass is 10.0. The fourth-order valence-electron chi connectivity index (χ4n) is 2.94. The number of nitrogens with one attached hydrogen (secondary N) is 1. The van der Waals surface area contributed by atoms with Crippen LogP contribution >= 0.6 is 23.2 Å². The van der Waals surface area contributed by atoms with Gasteiger partial charge in [-0.1, -0.05) is 41.4 Å². The molecule has 1 N–H and O–H groups in total. The highest BCUT2D eigenvalue weighted by Crippen LogP contribution is 2.32. The van der Waals surface area contributed by atoms with E-state index < -0.39 is 0 Å². The zero-order valence-corrected chi connectivity index (χ0v) is 18.7. The quantitative estimate of drug-likeness (QED) is 0.494. The highest BCUT2D eigenvalue weighted by molar-refractivity contribution is 6.37. The molecule has 0 aliphatic rings. The number of amides is 1. The second kappa shape index (κ2) is 10.6. The van der Waals surface area contributed by atoms with Crippen molar-refractivity contribution in [3.8, 4) is 5.75 Å². The summed E-state index contributed by atoms with van der Waals surface area (Å²) >= 11 is 12.2. The van der Waals surface area contributed by atoms with Crippen LogP contribution in [0, 0.1) is 5.82 Å². The van der Waals surface area contributed by atoms with Crippen LogP contribution in [0.5, 0.6) is 5.75 Å². The van der Waals surface area contributed by atoms with E-state index in [9.17, 15) is 9.18 Å². The van der Waals surface area contributed by atoms with Crippen LogP contribution in [0.25, 0.3) is 0 Å². The summed E-state index contributed by atoms with van der Waals surface area (Å²) in [6.45, 7) is 0.794. The molecule has 0 bridgehead atoms. The first-order valence-electron chi connectivity index (χ1n) is 9.65. The van der Waals surface area contributed by atoms with Crippen LogP contribution in [0.3, 0.4) is 0 Å². The minimum Gasteiger partial charge on any atom is -0.468 e. The normalized spacial score (nSPS) is 12.1. The fraction of sp³-hybridized carbons (Fsp3) is 0.273. The molecule has 0 aliphatic heterocycles. The molecule has 3 aromatic rings. The summed E-state index contributed by atoms with van der Waals surface area (Å²) in [5.74, 6) is -0.297. The number of hydrogen-bond donors (Lipinski definition) is 1. The predicted molar refractivity (Wildman–Crippen MR) is 119 cm³/mol. The minimum atomic E-state index is -0.331. The zero-order chi connectivity index (χ0) is 22.4. The number of hydrogen-bond acceptors (Lipinski definition) is 4. The Bertz CT molecular complexity index is 1000. The van der Waals surface area contributed by atoms with E-state index in [-0.39, 0.29) is 30.2 Å². The average Bonchev–Trinajstić information content (AvgIpc) is 3.20. The molecule has 31 heavy (non-hydrogen) atoms. The molecule has 0 fully saturated rings. The van der Waals surface area contributed by atoms with Gasteiger partial charge >= 0.3 is 0 Å². The maximum absolute atomic E-state index is 13.3. The molecular formula is C22H23Cl2FN4O2. The van der Waals surface area contributed by atoms with Gasteiger partial charge in [-0.25, -0.2) is 9.07 Å². The lowest BCUT2D eigenvalue weighted by Gasteiger charge is -2.21. The molecule has 164 valence electrons. The van der Waals surface area contributed by atoms with Gasteiger partial charge in [0.2, 0.25) is 0 Å². The number of carbonyl (C=O) groups is 1. The molecule has 1 atom stereocenters. The highest BCUT2D eigenvalue weighted by atomic mass is 35.5. The summed E-state index contributed by atoms with van der Waals surface area (Å²) in [7, 11) is 3.91. The molecule has 3 rings (SSSR count). The lowest BCUT2D eigenvalue weighted by Crippen LogP contribution is -2.31. The van der Waals surface area contributed by atoms with E-state index in [1.807, 2.05) is 19.0 Å². The van der Waals surface area contributed by atoms with Crippen molar-refractivity contribution >= 4 is 29.1 Å². The largest absolute Gasteiger partial charge is 0.468 e. The lowest BCUT2D eigenvalue weighted by molar-refractivity contribution is 0.0925. The van der Waals surface area contributed by atoms with Gasteiger partial charge in [-0.15, -0.1) is 0 Å². The summed E-state index contributed by atoms with van der Waals surface area (Å²) in [6.07, 6.45) is 2.30. The molecule has 6 nitrogen and oxygen atoms in total. The van der Waals surface area contributed by atoms with E-state index in [0.717, 1.165) is 12.1 Å². The molecule has 0 radical (unpaired) electrons. The summed E-state index contributed by atoms with van der Waals surface area (Å²) in [5.41, 5.74) is 1.07. The van der Waals surface area contributed by atoms with Crippen molar-refractivity contribution in [2.24, 2.45) is 0 Å². The molecule has 1 heterocycles. The Morgan fingerprint density at radius 2 is 1.84 bits per heavy atom. The van der Waals surface area contributed by atoms with Crippen molar-refractivity contribution in [1.29, 1.82) is 0 Å². The maximum atomic E-state index is 13.3. The van der Waals surface area contributed by atoms with Crippen LogP contribution < -0.4 is 10.1 Å². The third kappa shape index (κ3) is 6.43. The van der Waals surface area contributed by atoms with Crippen LogP contribution in [0.15, 0.2) is 54.7 Å². The Hall–Kier alpha value is -2.61. The van der Waals surface area contributed by atoms with Gasteiger partial charge in [-0.05, 0) is 63.0 Å². The molecule has 0 saturated heterocycles. The first-order chi connectivity index (χ1) is 14.8. The van der Waals surface area contributed by atoms with E-state index in [1.165, 1.54) is 16.8 Å². The van der Waals surface area contributed by atoms with Crippen LogP contribution in [-0.4, -0.2) is 41.2 Å². The fourth-order valence-corrected chi connectivity index (χ4v) is 3.45. The maximum Gasteiger partial charge on any atom is 0.272 e. The number of aromatic nitrogens is 2. The molecule has 1 unspecified atom stereocenters. The van der Waals surface area contributed by atoms with E-state index >= 15 is 0 Å². The van der Waals surface area contributed by atoms with Gasteiger partial charge in [0, 0.05) is 6.20 Å². The van der Waals surface area contributed by atoms with Gasteiger partial charge in [-0.3, -0.25) is 4.79 Å². The van der Waals surface area contributed by atoms with Gasteiger partial charge in [0.15, 0.2) is 12.5 Å². The predicted octanol–water partition coefficient (Wildman–Crippen LogP) is 4.79. The van der Waals surface area contributed by atoms with Crippen LogP contribution in [-0.2, 0) is 6.73 Å². The summed E-state index contributed by atoms with van der Waals surface area (Å²) in [4.78, 5) is 14.8. The van der Waals surface area contributed by atoms with Crippen molar-refractivity contribution in [2.75, 3.05) is 20.6 Å². The molecule has 2 aromatic carbocycles. The Labute approximate surface area is 190 Å². The second-order valence-corrected chi connectivity index (χ2v) is 8.05. The van der Waals surface area contributed by atoms with E-state index in [2.05, 4.69) is 10.4 Å². The first-order valence-corrected chi connectivity index (χ1v) is 10.4. The second-order valence-electron chi connectivity index (χ2n) is 7.23. The summed E-state index contributed by atoms with van der Waals surface area (Å²) in [5, 5.41) is 8.03. The third-order valence-electron chi connectivity index (χ3n) is 4.58. The van der Waals surface area contributed by atoms with Crippen molar-refractivity contribution in [1.82, 2.24) is 20.0 Å². The van der Waals surface area contributed by atoms with Crippen molar-refractivity contribution in [3.63, 3.8) is 0 Å². The summed E-state index contributed by atoms with van der Waals surface area (Å²) < 4.78 is 20.4. The SMILES string of the molecule is CN(C)CCC(NC(=O)c1ccn(COc2c(Cl)cccc2Cl)n1)c1ccc(F)cc1. The van der Waals surface area contributed by atoms with Gasteiger partial charge in [0.05, 0.1) is 16.1 Å². The number of para-hydroxylation sites is 1. The van der Waals surface area contributed by atoms with Crippen molar-refractivity contribution in [2.45, 2.75) is 19.2 Å². The number of carbonyl (C=O) groups excluding carboxylic acids is 1. The Balaban J connectivity index is 1.67. The molecule has 1 amide bonds. The van der Waals surface area contributed by atoms with Crippen molar-refractivity contribution in [3.05, 3.63) is 81.8 Å². The Morgan fingerprint density at radius 3 is 2.48 bits per heavy atom. The minimum absolute atomic E-state index is 0.0404. The van der Waals surface area contributed by atoms with Gasteiger partial charge in [0.25, 0.3) is 5.91 Å². The Kier molecular flexibility index (Phi) is 7.90. The molecule has 9 heteroatoms. The molecule has 0 spiro atoms. The number of nitrogens with zero attached hydrogens (tertiary/aromatic N) is 3. The standard InChI is InChI=1S/C22H23Cl2FN4O2/c1-28(2)12-10-19(15-6-8-16(25)9-7-15)26-22(30)20-11-13-29(27-20)14-31-21-17(23)4-3-5-18(21)24/h3-9,11,13,19H,10,12,14H2,1-2H3,(H,26,30). The molecule has 0 aliphatic carbocycles. The van der Waals surface area contributed by atoms with Gasteiger partial charge in [0.1, 0.15) is 11.5 Å². The van der Waals surface area contributed by atoms with Gasteiger partial charge in [-0.2, -0.15) is 5.10 Å². The number of benzene rings is 2. The van der Waals surface area contributed by atoms with Crippen LogP contribution in [0.4, 0.5) is 4.39 Å². The Morgan fingerprint density at radius 1 is 1.16 bits per heavy atom. The van der Waals surface area contributed by atoms with E-state index in [0.29, 0.717) is 22.2 Å². The smallest absolute Gasteiger partial charge is 0.272 e. The average molecular weight is 465 g/mol. The summed E-state index contributed by atoms with van der Waals surface area (Å²) in [6, 6.07) is 12.5. The van der Waals surface area contributed by atoms with Crippen molar-refractivity contribution < 1.29 is 13.9 Å².